The summed E-state index contributed by atoms with van der Waals surface area (Å²) in [5, 5.41) is 6.00. The van der Waals surface area contributed by atoms with Crippen molar-refractivity contribution in [1.29, 1.82) is 0 Å². The van der Waals surface area contributed by atoms with Gasteiger partial charge in [0.1, 0.15) is 0 Å². The van der Waals surface area contributed by atoms with Crippen LogP contribution in [0.3, 0.4) is 0 Å². The molecule has 82 valence electrons. The van der Waals surface area contributed by atoms with E-state index in [9.17, 15) is 0 Å². The van der Waals surface area contributed by atoms with E-state index in [0.29, 0.717) is 0 Å². The second-order valence-electron chi connectivity index (χ2n) is 4.58. The number of rotatable bonds is 3. The molecule has 0 saturated heterocycles. The van der Waals surface area contributed by atoms with Crippen LogP contribution in [0.25, 0.3) is 10.8 Å². The molecule has 0 spiro atoms. The Kier molecular flexibility index (Phi) is 2.69. The molecule has 16 heavy (non-hydrogen) atoms. The first kappa shape index (κ1) is 10.7. The molecule has 2 aromatic rings. The predicted molar refractivity (Wildman–Crippen MR) is 71.8 cm³/mol. The Morgan fingerprint density at radius 2 is 1.75 bits per heavy atom. The van der Waals surface area contributed by atoms with Crippen LogP contribution in [0.15, 0.2) is 55.1 Å². The van der Waals surface area contributed by atoms with Gasteiger partial charge in [-0.1, -0.05) is 42.5 Å². The Labute approximate surface area is 96.8 Å². The second-order valence-corrected chi connectivity index (χ2v) is 4.58. The van der Waals surface area contributed by atoms with E-state index in [1.807, 2.05) is 6.08 Å². The van der Waals surface area contributed by atoms with Gasteiger partial charge in [0.15, 0.2) is 0 Å². The Morgan fingerprint density at radius 3 is 2.50 bits per heavy atom. The summed E-state index contributed by atoms with van der Waals surface area (Å²) in [4.78, 5) is 0. The highest BCUT2D eigenvalue weighted by atomic mass is 15.0. The van der Waals surface area contributed by atoms with Crippen molar-refractivity contribution in [2.75, 3.05) is 5.32 Å². The molecule has 0 bridgehead atoms. The van der Waals surface area contributed by atoms with E-state index in [2.05, 4.69) is 68.2 Å². The third kappa shape index (κ3) is 2.08. The first-order valence-corrected chi connectivity index (χ1v) is 5.52. The van der Waals surface area contributed by atoms with Gasteiger partial charge >= 0.3 is 0 Å². The molecule has 0 aliphatic heterocycles. The van der Waals surface area contributed by atoms with Gasteiger partial charge in [0.25, 0.3) is 0 Å². The van der Waals surface area contributed by atoms with Crippen LogP contribution in [-0.2, 0) is 0 Å². The van der Waals surface area contributed by atoms with Crippen LogP contribution >= 0.6 is 0 Å². The molecular weight excluding hydrogens is 194 g/mol. The van der Waals surface area contributed by atoms with E-state index in [1.165, 1.54) is 10.8 Å². The van der Waals surface area contributed by atoms with Crippen LogP contribution in [-0.4, -0.2) is 5.54 Å². The molecule has 0 amide bonds. The molecule has 1 N–H and O–H groups in total. The Morgan fingerprint density at radius 1 is 1.06 bits per heavy atom. The molecule has 0 radical (unpaired) electrons. The van der Waals surface area contributed by atoms with Crippen molar-refractivity contribution in [3.05, 3.63) is 55.1 Å². The van der Waals surface area contributed by atoms with Crippen molar-refractivity contribution in [3.8, 4) is 0 Å². The van der Waals surface area contributed by atoms with Gasteiger partial charge in [-0.25, -0.2) is 0 Å². The van der Waals surface area contributed by atoms with Crippen molar-refractivity contribution in [2.24, 2.45) is 0 Å². The first-order valence-electron chi connectivity index (χ1n) is 5.52. The van der Waals surface area contributed by atoms with Crippen molar-refractivity contribution < 1.29 is 0 Å². The number of hydrogen-bond acceptors (Lipinski definition) is 1. The summed E-state index contributed by atoms with van der Waals surface area (Å²) in [6.07, 6.45) is 1.93. The van der Waals surface area contributed by atoms with Crippen LogP contribution < -0.4 is 5.32 Å². The van der Waals surface area contributed by atoms with E-state index in [1.54, 1.807) is 0 Å². The van der Waals surface area contributed by atoms with Crippen molar-refractivity contribution >= 4 is 16.5 Å². The molecule has 1 heteroatoms. The Balaban J connectivity index is 2.49. The van der Waals surface area contributed by atoms with E-state index < -0.39 is 0 Å². The van der Waals surface area contributed by atoms with Crippen LogP contribution in [0.4, 0.5) is 5.69 Å². The second kappa shape index (κ2) is 4.01. The largest absolute Gasteiger partial charge is 0.376 e. The van der Waals surface area contributed by atoms with Gasteiger partial charge in [-0.2, -0.15) is 0 Å². The average molecular weight is 211 g/mol. The average Bonchev–Trinajstić information content (AvgIpc) is 2.29. The molecule has 0 heterocycles. The van der Waals surface area contributed by atoms with Crippen LogP contribution in [0, 0.1) is 0 Å². The fraction of sp³-hybridized carbons (Fsp3) is 0.200. The highest BCUT2D eigenvalue weighted by Crippen LogP contribution is 2.25. The molecule has 0 fully saturated rings. The van der Waals surface area contributed by atoms with Crippen LogP contribution in [0.5, 0.6) is 0 Å². The molecule has 2 aromatic carbocycles. The lowest BCUT2D eigenvalue weighted by atomic mass is 10.0. The molecule has 0 saturated carbocycles. The highest BCUT2D eigenvalue weighted by molar-refractivity contribution is 5.94. The number of fused-ring (bicyclic) bond motifs is 1. The summed E-state index contributed by atoms with van der Waals surface area (Å²) < 4.78 is 0. The van der Waals surface area contributed by atoms with Gasteiger partial charge in [0.2, 0.25) is 0 Å². The predicted octanol–water partition coefficient (Wildman–Crippen LogP) is 4.22. The molecule has 0 aliphatic carbocycles. The first-order chi connectivity index (χ1) is 7.62. The van der Waals surface area contributed by atoms with Gasteiger partial charge in [-0.15, -0.1) is 6.58 Å². The van der Waals surface area contributed by atoms with Crippen LogP contribution in [0.2, 0.25) is 0 Å². The van der Waals surface area contributed by atoms with Gasteiger partial charge in [-0.3, -0.25) is 0 Å². The van der Waals surface area contributed by atoms with Crippen molar-refractivity contribution in [3.63, 3.8) is 0 Å². The van der Waals surface area contributed by atoms with Crippen LogP contribution in [0.1, 0.15) is 13.8 Å². The lowest BCUT2D eigenvalue weighted by Gasteiger charge is -2.24. The highest BCUT2D eigenvalue weighted by Gasteiger charge is 2.12. The Hall–Kier alpha value is -1.76. The van der Waals surface area contributed by atoms with Gasteiger partial charge in [0.05, 0.1) is 0 Å². The minimum atomic E-state index is -0.0931. The fourth-order valence-electron chi connectivity index (χ4n) is 1.73. The van der Waals surface area contributed by atoms with E-state index in [4.69, 9.17) is 0 Å². The molecule has 0 aliphatic rings. The zero-order valence-electron chi connectivity index (χ0n) is 9.83. The number of hydrogen-bond donors (Lipinski definition) is 1. The SMILES string of the molecule is C=CC(C)(C)Nc1cccc2ccccc12. The maximum Gasteiger partial charge on any atom is 0.0497 e. The monoisotopic (exact) mass is 211 g/mol. The summed E-state index contributed by atoms with van der Waals surface area (Å²) in [5.74, 6) is 0. The zero-order chi connectivity index (χ0) is 11.6. The molecule has 0 atom stereocenters. The summed E-state index contributed by atoms with van der Waals surface area (Å²) >= 11 is 0. The topological polar surface area (TPSA) is 12.0 Å². The minimum absolute atomic E-state index is 0.0931. The normalized spacial score (nSPS) is 11.4. The number of nitrogens with one attached hydrogen (secondary N) is 1. The molecule has 1 nitrogen and oxygen atoms in total. The third-order valence-electron chi connectivity index (χ3n) is 2.76. The number of benzene rings is 2. The summed E-state index contributed by atoms with van der Waals surface area (Å²) in [6.45, 7) is 8.07. The smallest absolute Gasteiger partial charge is 0.0497 e. The fourth-order valence-corrected chi connectivity index (χ4v) is 1.73. The molecule has 2 rings (SSSR count). The van der Waals surface area contributed by atoms with E-state index in [0.717, 1.165) is 5.69 Å². The molecule has 0 unspecified atom stereocenters. The van der Waals surface area contributed by atoms with Crippen molar-refractivity contribution in [2.45, 2.75) is 19.4 Å². The van der Waals surface area contributed by atoms with E-state index in [-0.39, 0.29) is 5.54 Å². The lowest BCUT2D eigenvalue weighted by molar-refractivity contribution is 0.716. The molecular formula is C15H17N. The maximum absolute atomic E-state index is 3.85. The summed E-state index contributed by atoms with van der Waals surface area (Å²) in [7, 11) is 0. The standard InChI is InChI=1S/C15H17N/c1-4-15(2,3)16-14-11-7-9-12-8-5-6-10-13(12)14/h4-11,16H,1H2,2-3H3. The minimum Gasteiger partial charge on any atom is -0.376 e. The van der Waals surface area contributed by atoms with E-state index >= 15 is 0 Å². The summed E-state index contributed by atoms with van der Waals surface area (Å²) in [5.41, 5.74) is 1.06. The van der Waals surface area contributed by atoms with Gasteiger partial charge in [-0.05, 0) is 25.3 Å². The third-order valence-corrected chi connectivity index (χ3v) is 2.76. The lowest BCUT2D eigenvalue weighted by Crippen LogP contribution is -2.27. The quantitative estimate of drug-likeness (QED) is 0.750. The van der Waals surface area contributed by atoms with Gasteiger partial charge < -0.3 is 5.32 Å². The number of anilines is 1. The zero-order valence-corrected chi connectivity index (χ0v) is 9.83. The molecule has 0 aromatic heterocycles. The summed E-state index contributed by atoms with van der Waals surface area (Å²) in [6, 6.07) is 14.7. The maximum atomic E-state index is 3.85. The van der Waals surface area contributed by atoms with Crippen molar-refractivity contribution in [1.82, 2.24) is 0 Å². The van der Waals surface area contributed by atoms with Gasteiger partial charge in [0, 0.05) is 16.6 Å². The Bertz CT molecular complexity index is 506.